The number of nitrogens with zero attached hydrogens (tertiary/aromatic N) is 2. The Kier molecular flexibility index (Phi) is 5.69. The van der Waals surface area contributed by atoms with Crippen LogP contribution < -0.4 is 5.32 Å². The molecule has 1 aromatic heterocycles. The fourth-order valence-corrected chi connectivity index (χ4v) is 4.19. The molecule has 0 aliphatic heterocycles. The van der Waals surface area contributed by atoms with E-state index in [2.05, 4.69) is 26.3 Å². The van der Waals surface area contributed by atoms with Crippen molar-refractivity contribution in [1.82, 2.24) is 9.78 Å². The van der Waals surface area contributed by atoms with Crippen molar-refractivity contribution in [2.75, 3.05) is 5.32 Å². The maximum atomic E-state index is 13.2. The second-order valence-corrected chi connectivity index (χ2v) is 8.08. The summed E-state index contributed by atoms with van der Waals surface area (Å²) in [6.07, 6.45) is -2.83. The van der Waals surface area contributed by atoms with Gasteiger partial charge in [0, 0.05) is 18.0 Å². The quantitative estimate of drug-likeness (QED) is 0.456. The van der Waals surface area contributed by atoms with Crippen LogP contribution in [-0.4, -0.2) is 15.7 Å². The van der Waals surface area contributed by atoms with Crippen LogP contribution in [0.15, 0.2) is 59.1 Å². The van der Waals surface area contributed by atoms with Crippen LogP contribution in [0.4, 0.5) is 18.9 Å². The van der Waals surface area contributed by atoms with Gasteiger partial charge >= 0.3 is 6.18 Å². The smallest absolute Gasteiger partial charge is 0.326 e. The van der Waals surface area contributed by atoms with Crippen molar-refractivity contribution in [3.05, 3.63) is 70.5 Å². The molecule has 1 amide bonds. The predicted molar refractivity (Wildman–Crippen MR) is 112 cm³/mol. The highest BCUT2D eigenvalue weighted by Crippen LogP contribution is 2.47. The fraction of sp³-hybridized carbons (Fsp3) is 0.273. The lowest BCUT2D eigenvalue weighted by molar-refractivity contribution is -0.142. The molecular formula is C22H19BrF3N3O. The van der Waals surface area contributed by atoms with Gasteiger partial charge < -0.3 is 5.32 Å². The fourth-order valence-electron chi connectivity index (χ4n) is 3.36. The first-order chi connectivity index (χ1) is 14.3. The van der Waals surface area contributed by atoms with Crippen LogP contribution in [0.5, 0.6) is 0 Å². The number of anilines is 1. The van der Waals surface area contributed by atoms with Crippen LogP contribution in [0.25, 0.3) is 11.1 Å². The van der Waals surface area contributed by atoms with Crippen LogP contribution in [0, 0.1) is 0 Å². The number of amides is 1. The van der Waals surface area contributed by atoms with Crippen molar-refractivity contribution in [2.24, 2.45) is 0 Å². The molecular weight excluding hydrogens is 459 g/mol. The van der Waals surface area contributed by atoms with E-state index in [1.165, 1.54) is 4.68 Å². The average molecular weight is 478 g/mol. The SMILES string of the molecule is O=C(CCn1nc(C(F)(F)F)c(Br)c1C1CC1)Nc1ccc(-c2ccccc2)cc1. The molecule has 156 valence electrons. The van der Waals surface area contributed by atoms with Crippen molar-refractivity contribution in [1.29, 1.82) is 0 Å². The molecule has 0 saturated heterocycles. The number of carbonyl (C=O) groups excluding carboxylic acids is 1. The number of nitrogens with one attached hydrogen (secondary N) is 1. The minimum Gasteiger partial charge on any atom is -0.326 e. The minimum absolute atomic E-state index is 0.00518. The summed E-state index contributed by atoms with van der Waals surface area (Å²) in [6, 6.07) is 17.3. The van der Waals surface area contributed by atoms with E-state index >= 15 is 0 Å². The number of alkyl halides is 3. The number of carbonyl (C=O) groups is 1. The second-order valence-electron chi connectivity index (χ2n) is 7.28. The molecule has 0 atom stereocenters. The zero-order chi connectivity index (χ0) is 21.3. The summed E-state index contributed by atoms with van der Waals surface area (Å²) in [7, 11) is 0. The largest absolute Gasteiger partial charge is 0.436 e. The number of rotatable bonds is 6. The molecule has 4 nitrogen and oxygen atoms in total. The van der Waals surface area contributed by atoms with Gasteiger partial charge in [0.15, 0.2) is 5.69 Å². The number of benzene rings is 2. The third-order valence-corrected chi connectivity index (χ3v) is 5.77. The van der Waals surface area contributed by atoms with Gasteiger partial charge in [-0.1, -0.05) is 42.5 Å². The molecule has 0 spiro atoms. The Morgan fingerprint density at radius 3 is 2.30 bits per heavy atom. The Bertz CT molecular complexity index is 1040. The van der Waals surface area contributed by atoms with Crippen LogP contribution in [-0.2, 0) is 17.5 Å². The molecule has 0 unspecified atom stereocenters. The molecule has 30 heavy (non-hydrogen) atoms. The summed E-state index contributed by atoms with van der Waals surface area (Å²) in [6.45, 7) is 0.0917. The lowest BCUT2D eigenvalue weighted by atomic mass is 10.1. The molecule has 0 bridgehead atoms. The van der Waals surface area contributed by atoms with Crippen molar-refractivity contribution >= 4 is 27.5 Å². The highest BCUT2D eigenvalue weighted by molar-refractivity contribution is 9.10. The normalized spacial score (nSPS) is 14.0. The zero-order valence-electron chi connectivity index (χ0n) is 15.9. The number of aromatic nitrogens is 2. The molecule has 1 saturated carbocycles. The summed E-state index contributed by atoms with van der Waals surface area (Å²) >= 11 is 3.06. The lowest BCUT2D eigenvalue weighted by Crippen LogP contribution is -2.16. The summed E-state index contributed by atoms with van der Waals surface area (Å²) in [5.41, 5.74) is 2.35. The van der Waals surface area contributed by atoms with E-state index in [0.29, 0.717) is 11.4 Å². The van der Waals surface area contributed by atoms with Gasteiger partial charge in [-0.2, -0.15) is 18.3 Å². The highest BCUT2D eigenvalue weighted by atomic mass is 79.9. The Morgan fingerprint density at radius 1 is 1.07 bits per heavy atom. The van der Waals surface area contributed by atoms with Crippen LogP contribution in [0.2, 0.25) is 0 Å². The van der Waals surface area contributed by atoms with Gasteiger partial charge in [-0.05, 0) is 52.0 Å². The molecule has 3 aromatic rings. The Labute approximate surface area is 180 Å². The second kappa shape index (κ2) is 8.26. The van der Waals surface area contributed by atoms with Crippen LogP contribution in [0.3, 0.4) is 0 Å². The first kappa shape index (κ1) is 20.7. The van der Waals surface area contributed by atoms with Crippen LogP contribution in [0.1, 0.15) is 36.6 Å². The van der Waals surface area contributed by atoms with Gasteiger partial charge in [0.05, 0.1) is 16.7 Å². The average Bonchev–Trinajstić information content (AvgIpc) is 3.49. The van der Waals surface area contributed by atoms with Crippen molar-refractivity contribution in [2.45, 2.75) is 37.9 Å². The Balaban J connectivity index is 1.41. The molecule has 8 heteroatoms. The van der Waals surface area contributed by atoms with E-state index < -0.39 is 11.9 Å². The van der Waals surface area contributed by atoms with Crippen LogP contribution >= 0.6 is 15.9 Å². The molecule has 0 radical (unpaired) electrons. The molecule has 1 fully saturated rings. The molecule has 1 aliphatic rings. The van der Waals surface area contributed by atoms with Gasteiger partial charge in [0.1, 0.15) is 0 Å². The summed E-state index contributed by atoms with van der Waals surface area (Å²) < 4.78 is 40.9. The van der Waals surface area contributed by atoms with E-state index in [0.717, 1.165) is 24.0 Å². The van der Waals surface area contributed by atoms with E-state index in [4.69, 9.17) is 0 Å². The maximum absolute atomic E-state index is 13.2. The van der Waals surface area contributed by atoms with Gasteiger partial charge in [0.25, 0.3) is 0 Å². The van der Waals surface area contributed by atoms with Gasteiger partial charge in [0.2, 0.25) is 5.91 Å². The van der Waals surface area contributed by atoms with Crippen molar-refractivity contribution in [3.8, 4) is 11.1 Å². The standard InChI is InChI=1S/C22H19BrF3N3O/c23-19-20(16-6-7-16)29(28-21(19)22(24,25)26)13-12-18(30)27-17-10-8-15(9-11-17)14-4-2-1-3-5-14/h1-5,8-11,16H,6-7,12-13H2,(H,27,30). The van der Waals surface area contributed by atoms with Gasteiger partial charge in [-0.15, -0.1) is 0 Å². The first-order valence-corrected chi connectivity index (χ1v) is 10.4. The van der Waals surface area contributed by atoms with Gasteiger partial charge in [-0.25, -0.2) is 0 Å². The Morgan fingerprint density at radius 2 is 1.70 bits per heavy atom. The lowest BCUT2D eigenvalue weighted by Gasteiger charge is -2.09. The third-order valence-electron chi connectivity index (χ3n) is 4.99. The highest BCUT2D eigenvalue weighted by Gasteiger charge is 2.41. The molecule has 1 N–H and O–H groups in total. The maximum Gasteiger partial charge on any atom is 0.436 e. The third kappa shape index (κ3) is 4.59. The van der Waals surface area contributed by atoms with E-state index in [9.17, 15) is 18.0 Å². The summed E-state index contributed by atoms with van der Waals surface area (Å²) in [5, 5.41) is 6.52. The van der Waals surface area contributed by atoms with Crippen molar-refractivity contribution in [3.63, 3.8) is 0 Å². The van der Waals surface area contributed by atoms with Gasteiger partial charge in [-0.3, -0.25) is 9.48 Å². The summed E-state index contributed by atoms with van der Waals surface area (Å²) in [5.74, 6) is -0.207. The summed E-state index contributed by atoms with van der Waals surface area (Å²) in [4.78, 5) is 12.3. The predicted octanol–water partition coefficient (Wildman–Crippen LogP) is 6.24. The van der Waals surface area contributed by atoms with E-state index in [-0.39, 0.29) is 29.3 Å². The number of aryl methyl sites for hydroxylation is 1. The zero-order valence-corrected chi connectivity index (χ0v) is 17.5. The number of hydrogen-bond acceptors (Lipinski definition) is 2. The molecule has 2 aromatic carbocycles. The topological polar surface area (TPSA) is 46.9 Å². The van der Waals surface area contributed by atoms with E-state index in [1.54, 1.807) is 0 Å². The number of halogens is 4. The monoisotopic (exact) mass is 477 g/mol. The number of hydrogen-bond donors (Lipinski definition) is 1. The van der Waals surface area contributed by atoms with E-state index in [1.807, 2.05) is 54.6 Å². The minimum atomic E-state index is -4.53. The Hall–Kier alpha value is -2.61. The molecule has 1 heterocycles. The first-order valence-electron chi connectivity index (χ1n) is 9.61. The molecule has 1 aliphatic carbocycles. The van der Waals surface area contributed by atoms with Crippen molar-refractivity contribution < 1.29 is 18.0 Å². The molecule has 4 rings (SSSR count).